The van der Waals surface area contributed by atoms with Gasteiger partial charge in [0, 0.05) is 18.9 Å². The van der Waals surface area contributed by atoms with Gasteiger partial charge in [-0.1, -0.05) is 13.8 Å². The molecular formula is C8H16N2. The predicted molar refractivity (Wildman–Crippen MR) is 43.3 cm³/mol. The van der Waals surface area contributed by atoms with E-state index in [-0.39, 0.29) is 0 Å². The molecular weight excluding hydrogens is 124 g/mol. The van der Waals surface area contributed by atoms with E-state index in [2.05, 4.69) is 44.2 Å². The van der Waals surface area contributed by atoms with Crippen molar-refractivity contribution in [3.05, 3.63) is 11.9 Å². The third kappa shape index (κ3) is 1.25. The van der Waals surface area contributed by atoms with E-state index >= 15 is 0 Å². The van der Waals surface area contributed by atoms with Crippen molar-refractivity contribution >= 4 is 0 Å². The molecule has 10 heavy (non-hydrogen) atoms. The number of allylic oxidation sites excluding steroid dienone is 1. The Morgan fingerprint density at radius 2 is 2.20 bits per heavy atom. The van der Waals surface area contributed by atoms with Crippen molar-refractivity contribution in [1.82, 2.24) is 10.2 Å². The lowest BCUT2D eigenvalue weighted by Gasteiger charge is -2.15. The Morgan fingerprint density at radius 1 is 1.60 bits per heavy atom. The zero-order valence-electron chi connectivity index (χ0n) is 7.18. The average molecular weight is 140 g/mol. The van der Waals surface area contributed by atoms with Gasteiger partial charge >= 0.3 is 0 Å². The van der Waals surface area contributed by atoms with Crippen molar-refractivity contribution in [3.63, 3.8) is 0 Å². The molecule has 0 fully saturated rings. The van der Waals surface area contributed by atoms with Crippen LogP contribution in [0.1, 0.15) is 20.8 Å². The molecule has 0 spiro atoms. The molecule has 0 radical (unpaired) electrons. The maximum atomic E-state index is 3.39. The third-order valence-corrected chi connectivity index (χ3v) is 1.95. The Labute approximate surface area is 62.9 Å². The summed E-state index contributed by atoms with van der Waals surface area (Å²) in [7, 11) is 2.09. The molecule has 0 aliphatic carbocycles. The molecule has 1 N–H and O–H groups in total. The highest BCUT2D eigenvalue weighted by molar-refractivity contribution is 5.08. The Morgan fingerprint density at radius 3 is 2.40 bits per heavy atom. The lowest BCUT2D eigenvalue weighted by Crippen LogP contribution is -2.30. The molecule has 1 rings (SSSR count). The zero-order valence-corrected chi connectivity index (χ0v) is 7.18. The van der Waals surface area contributed by atoms with E-state index < -0.39 is 0 Å². The maximum absolute atomic E-state index is 3.39. The number of hydrogen-bond acceptors (Lipinski definition) is 2. The fourth-order valence-corrected chi connectivity index (χ4v) is 1.03. The fourth-order valence-electron chi connectivity index (χ4n) is 1.03. The molecule has 1 heterocycles. The number of rotatable bonds is 1. The molecule has 0 aromatic heterocycles. The second-order valence-corrected chi connectivity index (χ2v) is 3.22. The third-order valence-electron chi connectivity index (χ3n) is 1.95. The van der Waals surface area contributed by atoms with Crippen LogP contribution in [0.5, 0.6) is 0 Å². The first-order valence-corrected chi connectivity index (χ1v) is 3.81. The summed E-state index contributed by atoms with van der Waals surface area (Å²) in [6, 6.07) is 0. The summed E-state index contributed by atoms with van der Waals surface area (Å²) >= 11 is 0. The SMILES string of the molecule is CC(C)C1=CN(C)C(C)N1. The van der Waals surface area contributed by atoms with Crippen LogP contribution in [-0.2, 0) is 0 Å². The van der Waals surface area contributed by atoms with Crippen LogP contribution in [0.15, 0.2) is 11.9 Å². The van der Waals surface area contributed by atoms with Gasteiger partial charge in [-0.2, -0.15) is 0 Å². The zero-order chi connectivity index (χ0) is 7.72. The number of nitrogens with zero attached hydrogens (tertiary/aromatic N) is 1. The maximum Gasteiger partial charge on any atom is 0.0951 e. The normalized spacial score (nSPS) is 25.1. The van der Waals surface area contributed by atoms with Gasteiger partial charge in [0.15, 0.2) is 0 Å². The summed E-state index contributed by atoms with van der Waals surface area (Å²) in [5.41, 5.74) is 1.34. The molecule has 0 saturated heterocycles. The van der Waals surface area contributed by atoms with Crippen LogP contribution in [0.25, 0.3) is 0 Å². The van der Waals surface area contributed by atoms with Gasteiger partial charge in [0.1, 0.15) is 0 Å². The minimum Gasteiger partial charge on any atom is -0.367 e. The lowest BCUT2D eigenvalue weighted by atomic mass is 10.1. The molecule has 0 bridgehead atoms. The molecule has 0 aromatic carbocycles. The van der Waals surface area contributed by atoms with Gasteiger partial charge in [-0.25, -0.2) is 0 Å². The minimum absolute atomic E-state index is 0.470. The second kappa shape index (κ2) is 2.52. The van der Waals surface area contributed by atoms with Crippen LogP contribution < -0.4 is 5.32 Å². The highest BCUT2D eigenvalue weighted by Crippen LogP contribution is 2.14. The van der Waals surface area contributed by atoms with Gasteiger partial charge in [0.2, 0.25) is 0 Å². The first kappa shape index (κ1) is 7.45. The van der Waals surface area contributed by atoms with Crippen LogP contribution in [-0.4, -0.2) is 18.1 Å². The molecule has 1 aliphatic heterocycles. The van der Waals surface area contributed by atoms with E-state index in [9.17, 15) is 0 Å². The molecule has 0 amide bonds. The Kier molecular flexibility index (Phi) is 1.88. The van der Waals surface area contributed by atoms with Crippen LogP contribution in [0.2, 0.25) is 0 Å². The van der Waals surface area contributed by atoms with Crippen molar-refractivity contribution in [2.75, 3.05) is 7.05 Å². The summed E-state index contributed by atoms with van der Waals surface area (Å²) in [4.78, 5) is 2.19. The van der Waals surface area contributed by atoms with Crippen LogP contribution in [0.4, 0.5) is 0 Å². The largest absolute Gasteiger partial charge is 0.367 e. The first-order chi connectivity index (χ1) is 4.61. The quantitative estimate of drug-likeness (QED) is 0.591. The Bertz CT molecular complexity index is 149. The lowest BCUT2D eigenvalue weighted by molar-refractivity contribution is 0.352. The van der Waals surface area contributed by atoms with Gasteiger partial charge in [-0.05, 0) is 12.8 Å². The van der Waals surface area contributed by atoms with Crippen LogP contribution in [0, 0.1) is 5.92 Å². The fraction of sp³-hybridized carbons (Fsp3) is 0.750. The van der Waals surface area contributed by atoms with E-state index in [4.69, 9.17) is 0 Å². The summed E-state index contributed by atoms with van der Waals surface area (Å²) in [6.45, 7) is 6.56. The van der Waals surface area contributed by atoms with Crippen LogP contribution >= 0.6 is 0 Å². The van der Waals surface area contributed by atoms with Crippen molar-refractivity contribution < 1.29 is 0 Å². The minimum atomic E-state index is 0.470. The van der Waals surface area contributed by atoms with Gasteiger partial charge in [-0.3, -0.25) is 0 Å². The highest BCUT2D eigenvalue weighted by Gasteiger charge is 2.16. The van der Waals surface area contributed by atoms with Crippen molar-refractivity contribution in [1.29, 1.82) is 0 Å². The molecule has 1 atom stereocenters. The summed E-state index contributed by atoms with van der Waals surface area (Å²) < 4.78 is 0. The number of hydrogen-bond donors (Lipinski definition) is 1. The summed E-state index contributed by atoms with van der Waals surface area (Å²) in [6.07, 6.45) is 2.65. The Balaban J connectivity index is 2.58. The van der Waals surface area contributed by atoms with Crippen LogP contribution in [0.3, 0.4) is 0 Å². The van der Waals surface area contributed by atoms with E-state index in [1.165, 1.54) is 5.70 Å². The van der Waals surface area contributed by atoms with Crippen molar-refractivity contribution in [2.45, 2.75) is 26.9 Å². The summed E-state index contributed by atoms with van der Waals surface area (Å²) in [5, 5.41) is 3.39. The van der Waals surface area contributed by atoms with Gasteiger partial charge in [-0.15, -0.1) is 0 Å². The highest BCUT2D eigenvalue weighted by atomic mass is 15.3. The van der Waals surface area contributed by atoms with E-state index in [1.54, 1.807) is 0 Å². The smallest absolute Gasteiger partial charge is 0.0951 e. The molecule has 2 nitrogen and oxygen atoms in total. The molecule has 1 unspecified atom stereocenters. The monoisotopic (exact) mass is 140 g/mol. The van der Waals surface area contributed by atoms with Gasteiger partial charge < -0.3 is 10.2 Å². The second-order valence-electron chi connectivity index (χ2n) is 3.22. The Hall–Kier alpha value is -0.660. The van der Waals surface area contributed by atoms with Crippen molar-refractivity contribution in [2.24, 2.45) is 5.92 Å². The first-order valence-electron chi connectivity index (χ1n) is 3.81. The molecule has 1 aliphatic rings. The van der Waals surface area contributed by atoms with E-state index in [1.807, 2.05) is 0 Å². The molecule has 2 heteroatoms. The van der Waals surface area contributed by atoms with Gasteiger partial charge in [0.25, 0.3) is 0 Å². The molecule has 0 aromatic rings. The average Bonchev–Trinajstić information content (AvgIpc) is 2.13. The van der Waals surface area contributed by atoms with Gasteiger partial charge in [0.05, 0.1) is 6.17 Å². The summed E-state index contributed by atoms with van der Waals surface area (Å²) in [5.74, 6) is 0.618. The topological polar surface area (TPSA) is 15.3 Å². The molecule has 0 saturated carbocycles. The number of nitrogens with one attached hydrogen (secondary N) is 1. The van der Waals surface area contributed by atoms with E-state index in [0.29, 0.717) is 12.1 Å². The van der Waals surface area contributed by atoms with E-state index in [0.717, 1.165) is 0 Å². The van der Waals surface area contributed by atoms with Crippen molar-refractivity contribution in [3.8, 4) is 0 Å². The predicted octanol–water partition coefficient (Wildman–Crippen LogP) is 1.36. The molecule has 58 valence electrons. The standard InChI is InChI=1S/C8H16N2/c1-6(2)8-5-10(4)7(3)9-8/h5-7,9H,1-4H3.